The van der Waals surface area contributed by atoms with Crippen molar-refractivity contribution in [3.63, 3.8) is 0 Å². The molecule has 0 saturated carbocycles. The van der Waals surface area contributed by atoms with Gasteiger partial charge in [0, 0.05) is 28.8 Å². The second kappa shape index (κ2) is 8.00. The molecule has 0 aliphatic heterocycles. The Hall–Kier alpha value is -3.54. The minimum absolute atomic E-state index is 0.201. The molecular weight excluding hydrogens is 360 g/mol. The van der Waals surface area contributed by atoms with E-state index in [0.717, 1.165) is 0 Å². The van der Waals surface area contributed by atoms with E-state index in [9.17, 15) is 9.59 Å². The van der Waals surface area contributed by atoms with Crippen LogP contribution in [0.5, 0.6) is 23.0 Å². The monoisotopic (exact) mass is 380 g/mol. The van der Waals surface area contributed by atoms with Gasteiger partial charge in [-0.15, -0.1) is 0 Å². The fourth-order valence-electron chi connectivity index (χ4n) is 3.07. The minimum atomic E-state index is -0.501. The van der Waals surface area contributed by atoms with Gasteiger partial charge in [0.1, 0.15) is 5.75 Å². The van der Waals surface area contributed by atoms with E-state index in [2.05, 4.69) is 0 Å². The molecule has 3 aromatic rings. The summed E-state index contributed by atoms with van der Waals surface area (Å²) in [5, 5.41) is 1.13. The molecule has 0 bridgehead atoms. The Morgan fingerprint density at radius 1 is 0.714 bits per heavy atom. The summed E-state index contributed by atoms with van der Waals surface area (Å²) in [5.74, 6) is 0.724. The molecule has 3 rings (SSSR count). The maximum absolute atomic E-state index is 13.0. The van der Waals surface area contributed by atoms with Gasteiger partial charge in [0.05, 0.1) is 21.3 Å². The molecule has 3 aromatic carbocycles. The Bertz CT molecular complexity index is 1040. The van der Waals surface area contributed by atoms with Gasteiger partial charge in [-0.25, -0.2) is 0 Å². The molecular formula is C22H20O6. The average Bonchev–Trinajstić information content (AvgIpc) is 2.71. The molecule has 0 saturated heterocycles. The first-order chi connectivity index (χ1) is 13.5. The third-order valence-electron chi connectivity index (χ3n) is 4.27. The summed E-state index contributed by atoms with van der Waals surface area (Å²) in [6, 6.07) is 13.8. The van der Waals surface area contributed by atoms with Gasteiger partial charge >= 0.3 is 5.97 Å². The van der Waals surface area contributed by atoms with Gasteiger partial charge in [0.15, 0.2) is 17.3 Å². The number of hydrogen-bond donors (Lipinski definition) is 0. The molecule has 0 unspecified atom stereocenters. The van der Waals surface area contributed by atoms with Crippen molar-refractivity contribution in [1.29, 1.82) is 0 Å². The van der Waals surface area contributed by atoms with Crippen LogP contribution in [0.4, 0.5) is 0 Å². The Labute approximate surface area is 162 Å². The molecule has 0 N–H and O–H groups in total. The van der Waals surface area contributed by atoms with Crippen LogP contribution in [0.1, 0.15) is 22.8 Å². The smallest absolute Gasteiger partial charge is 0.308 e. The summed E-state index contributed by atoms with van der Waals surface area (Å²) in [6.07, 6.45) is 0. The number of ether oxygens (including phenoxy) is 4. The highest BCUT2D eigenvalue weighted by molar-refractivity contribution is 6.12. The quantitative estimate of drug-likeness (QED) is 0.365. The molecule has 0 spiro atoms. The van der Waals surface area contributed by atoms with E-state index >= 15 is 0 Å². The number of fused-ring (bicyclic) bond motifs is 1. The first-order valence-corrected chi connectivity index (χ1v) is 8.55. The van der Waals surface area contributed by atoms with Crippen molar-refractivity contribution in [3.05, 3.63) is 59.7 Å². The second-order valence-corrected chi connectivity index (χ2v) is 6.00. The van der Waals surface area contributed by atoms with Crippen molar-refractivity contribution < 1.29 is 28.5 Å². The summed E-state index contributed by atoms with van der Waals surface area (Å²) in [4.78, 5) is 24.6. The standard InChI is InChI=1S/C22H20O6/c1-13(23)28-18-11-15(20(24)14-8-6-5-7-9-14)10-17-16(18)12-19(25-2)22(27-4)21(17)26-3/h5-12H,1-4H3. The third-order valence-corrected chi connectivity index (χ3v) is 4.27. The molecule has 0 radical (unpaired) electrons. The Morgan fingerprint density at radius 2 is 1.39 bits per heavy atom. The fourth-order valence-corrected chi connectivity index (χ4v) is 3.07. The molecule has 6 nitrogen and oxygen atoms in total. The lowest BCUT2D eigenvalue weighted by Crippen LogP contribution is -2.06. The summed E-state index contributed by atoms with van der Waals surface area (Å²) < 4.78 is 21.7. The van der Waals surface area contributed by atoms with E-state index in [0.29, 0.717) is 39.1 Å². The number of methoxy groups -OCH3 is 3. The van der Waals surface area contributed by atoms with Crippen molar-refractivity contribution in [2.45, 2.75) is 6.92 Å². The lowest BCUT2D eigenvalue weighted by molar-refractivity contribution is -0.131. The number of hydrogen-bond acceptors (Lipinski definition) is 6. The van der Waals surface area contributed by atoms with Crippen molar-refractivity contribution in [2.75, 3.05) is 21.3 Å². The predicted octanol–water partition coefficient (Wildman–Crippen LogP) is 4.02. The fraction of sp³-hybridized carbons (Fsp3) is 0.182. The predicted molar refractivity (Wildman–Crippen MR) is 105 cm³/mol. The molecule has 0 fully saturated rings. The second-order valence-electron chi connectivity index (χ2n) is 6.00. The van der Waals surface area contributed by atoms with Crippen LogP contribution in [0.2, 0.25) is 0 Å². The van der Waals surface area contributed by atoms with Crippen LogP contribution in [0.15, 0.2) is 48.5 Å². The average molecular weight is 380 g/mol. The molecule has 0 aliphatic carbocycles. The van der Waals surface area contributed by atoms with E-state index in [1.165, 1.54) is 28.3 Å². The molecule has 0 aliphatic rings. The van der Waals surface area contributed by atoms with Crippen molar-refractivity contribution in [3.8, 4) is 23.0 Å². The van der Waals surface area contributed by atoms with Gasteiger partial charge < -0.3 is 18.9 Å². The highest BCUT2D eigenvalue weighted by atomic mass is 16.5. The zero-order valence-corrected chi connectivity index (χ0v) is 16.1. The van der Waals surface area contributed by atoms with Gasteiger partial charge in [-0.2, -0.15) is 0 Å². The molecule has 0 amide bonds. The number of ketones is 1. The highest BCUT2D eigenvalue weighted by Gasteiger charge is 2.22. The topological polar surface area (TPSA) is 71.1 Å². The number of carbonyl (C=O) groups is 2. The Kier molecular flexibility index (Phi) is 5.49. The van der Waals surface area contributed by atoms with Crippen LogP contribution in [-0.4, -0.2) is 33.1 Å². The highest BCUT2D eigenvalue weighted by Crippen LogP contribution is 2.46. The number of esters is 1. The zero-order valence-electron chi connectivity index (χ0n) is 16.1. The minimum Gasteiger partial charge on any atom is -0.493 e. The number of rotatable bonds is 6. The van der Waals surface area contributed by atoms with Crippen molar-refractivity contribution >= 4 is 22.5 Å². The van der Waals surface area contributed by atoms with Crippen LogP contribution in [0.25, 0.3) is 10.8 Å². The van der Waals surface area contributed by atoms with Crippen LogP contribution >= 0.6 is 0 Å². The van der Waals surface area contributed by atoms with E-state index in [1.54, 1.807) is 42.5 Å². The lowest BCUT2D eigenvalue weighted by Gasteiger charge is -2.17. The van der Waals surface area contributed by atoms with Gasteiger partial charge in [-0.3, -0.25) is 9.59 Å². The van der Waals surface area contributed by atoms with Crippen molar-refractivity contribution in [1.82, 2.24) is 0 Å². The summed E-state index contributed by atoms with van der Waals surface area (Å²) in [7, 11) is 4.49. The van der Waals surface area contributed by atoms with E-state index < -0.39 is 5.97 Å². The molecule has 144 valence electrons. The number of benzene rings is 3. The van der Waals surface area contributed by atoms with Crippen LogP contribution < -0.4 is 18.9 Å². The van der Waals surface area contributed by atoms with E-state index in [4.69, 9.17) is 18.9 Å². The first kappa shape index (κ1) is 19.2. The van der Waals surface area contributed by atoms with Gasteiger partial charge in [-0.05, 0) is 18.2 Å². The number of carbonyl (C=O) groups excluding carboxylic acids is 2. The first-order valence-electron chi connectivity index (χ1n) is 8.55. The zero-order chi connectivity index (χ0) is 20.3. The molecule has 6 heteroatoms. The van der Waals surface area contributed by atoms with Crippen LogP contribution in [-0.2, 0) is 4.79 Å². The van der Waals surface area contributed by atoms with Crippen LogP contribution in [0, 0.1) is 0 Å². The summed E-state index contributed by atoms with van der Waals surface area (Å²) in [5.41, 5.74) is 0.885. The normalized spacial score (nSPS) is 10.4. The molecule has 28 heavy (non-hydrogen) atoms. The summed E-state index contributed by atoms with van der Waals surface area (Å²) >= 11 is 0. The summed E-state index contributed by atoms with van der Waals surface area (Å²) in [6.45, 7) is 1.30. The van der Waals surface area contributed by atoms with Gasteiger partial charge in [0.2, 0.25) is 5.75 Å². The Morgan fingerprint density at radius 3 is 1.96 bits per heavy atom. The van der Waals surface area contributed by atoms with Crippen molar-refractivity contribution in [2.24, 2.45) is 0 Å². The largest absolute Gasteiger partial charge is 0.493 e. The van der Waals surface area contributed by atoms with E-state index in [1.807, 2.05) is 6.07 Å². The molecule has 0 heterocycles. The Balaban J connectivity index is 2.33. The van der Waals surface area contributed by atoms with Gasteiger partial charge in [0.25, 0.3) is 0 Å². The molecule has 0 atom stereocenters. The third kappa shape index (κ3) is 3.49. The van der Waals surface area contributed by atoms with Gasteiger partial charge in [-0.1, -0.05) is 30.3 Å². The molecule has 0 aromatic heterocycles. The SMILES string of the molecule is COc1cc2c(OC(C)=O)cc(C(=O)c3ccccc3)cc2c(OC)c1OC. The van der Waals surface area contributed by atoms with E-state index in [-0.39, 0.29) is 11.5 Å². The van der Waals surface area contributed by atoms with Crippen LogP contribution in [0.3, 0.4) is 0 Å². The lowest BCUT2D eigenvalue weighted by atomic mass is 9.98. The maximum atomic E-state index is 13.0. The maximum Gasteiger partial charge on any atom is 0.308 e.